The molecule has 0 saturated carbocycles. The number of aromatic nitrogens is 3. The van der Waals surface area contributed by atoms with Gasteiger partial charge in [0.2, 0.25) is 5.91 Å². The lowest BCUT2D eigenvalue weighted by molar-refractivity contribution is -0.121. The van der Waals surface area contributed by atoms with Gasteiger partial charge in [-0.15, -0.1) is 0 Å². The first-order chi connectivity index (χ1) is 14.5. The predicted octanol–water partition coefficient (Wildman–Crippen LogP) is 3.58. The zero-order valence-corrected chi connectivity index (χ0v) is 17.2. The smallest absolute Gasteiger partial charge is 0.271 e. The van der Waals surface area contributed by atoms with Crippen molar-refractivity contribution in [1.82, 2.24) is 20.1 Å². The molecule has 1 atom stereocenters. The molecule has 1 saturated heterocycles. The third kappa shape index (κ3) is 4.40. The molecule has 2 aromatic heterocycles. The van der Waals surface area contributed by atoms with Crippen LogP contribution >= 0.6 is 0 Å². The van der Waals surface area contributed by atoms with Crippen LogP contribution in [0.1, 0.15) is 34.5 Å². The number of anilines is 1. The van der Waals surface area contributed by atoms with Gasteiger partial charge in [0.05, 0.1) is 11.6 Å². The molecule has 1 unspecified atom stereocenters. The van der Waals surface area contributed by atoms with Gasteiger partial charge in [-0.1, -0.05) is 6.07 Å². The van der Waals surface area contributed by atoms with Crippen LogP contribution in [-0.4, -0.2) is 45.0 Å². The number of amides is 2. The lowest BCUT2D eigenvalue weighted by Gasteiger charge is -2.31. The molecule has 2 N–H and O–H groups in total. The Bertz CT molecular complexity index is 1040. The zero-order chi connectivity index (χ0) is 21.1. The van der Waals surface area contributed by atoms with Crippen LogP contribution in [-0.2, 0) is 4.79 Å². The number of carbonyl (C=O) groups is 2. The highest BCUT2D eigenvalue weighted by Crippen LogP contribution is 2.23. The molecule has 7 nitrogen and oxygen atoms in total. The van der Waals surface area contributed by atoms with Crippen LogP contribution in [0.2, 0.25) is 0 Å². The van der Waals surface area contributed by atoms with Crippen molar-refractivity contribution in [2.45, 2.75) is 26.7 Å². The van der Waals surface area contributed by atoms with Crippen molar-refractivity contribution in [3.63, 3.8) is 0 Å². The molecule has 1 aliphatic rings. The lowest BCUT2D eigenvalue weighted by atomic mass is 9.96. The summed E-state index contributed by atoms with van der Waals surface area (Å²) in [6.07, 6.45) is 4.94. The van der Waals surface area contributed by atoms with Gasteiger partial charge in [0, 0.05) is 36.7 Å². The van der Waals surface area contributed by atoms with Gasteiger partial charge in [-0.25, -0.2) is 0 Å². The first-order valence-corrected chi connectivity index (χ1v) is 10.1. The third-order valence-electron chi connectivity index (χ3n) is 5.35. The van der Waals surface area contributed by atoms with E-state index >= 15 is 0 Å². The van der Waals surface area contributed by atoms with Gasteiger partial charge in [-0.3, -0.25) is 19.7 Å². The predicted molar refractivity (Wildman–Crippen MR) is 115 cm³/mol. The van der Waals surface area contributed by atoms with Crippen molar-refractivity contribution in [2.75, 3.05) is 18.4 Å². The molecule has 3 aromatic rings. The van der Waals surface area contributed by atoms with Crippen molar-refractivity contribution >= 4 is 17.5 Å². The summed E-state index contributed by atoms with van der Waals surface area (Å²) in [5.41, 5.74) is 5.03. The lowest BCUT2D eigenvalue weighted by Crippen LogP contribution is -2.43. The number of piperidine rings is 1. The Morgan fingerprint density at radius 3 is 2.57 bits per heavy atom. The van der Waals surface area contributed by atoms with E-state index in [-0.39, 0.29) is 17.7 Å². The van der Waals surface area contributed by atoms with E-state index in [1.807, 2.05) is 38.1 Å². The summed E-state index contributed by atoms with van der Waals surface area (Å²) in [4.78, 5) is 31.5. The fourth-order valence-electron chi connectivity index (χ4n) is 3.94. The molecule has 4 rings (SSSR count). The van der Waals surface area contributed by atoms with Crippen molar-refractivity contribution in [3.8, 4) is 11.3 Å². The maximum Gasteiger partial charge on any atom is 0.271 e. The summed E-state index contributed by atoms with van der Waals surface area (Å²) in [5.74, 6) is -0.405. The van der Waals surface area contributed by atoms with Crippen LogP contribution in [0.3, 0.4) is 0 Å². The minimum absolute atomic E-state index is 0.0421. The summed E-state index contributed by atoms with van der Waals surface area (Å²) in [6.45, 7) is 5.05. The van der Waals surface area contributed by atoms with E-state index in [1.165, 1.54) is 0 Å². The van der Waals surface area contributed by atoms with E-state index in [2.05, 4.69) is 26.6 Å². The van der Waals surface area contributed by atoms with Gasteiger partial charge in [-0.2, -0.15) is 5.10 Å². The molecule has 0 bridgehead atoms. The summed E-state index contributed by atoms with van der Waals surface area (Å²) in [5, 5.41) is 10.1. The van der Waals surface area contributed by atoms with Crippen molar-refractivity contribution in [1.29, 1.82) is 0 Å². The van der Waals surface area contributed by atoms with Gasteiger partial charge in [0.1, 0.15) is 5.69 Å². The van der Waals surface area contributed by atoms with Gasteiger partial charge in [-0.05, 0) is 68.1 Å². The van der Waals surface area contributed by atoms with Crippen molar-refractivity contribution < 1.29 is 9.59 Å². The number of hydrogen-bond donors (Lipinski definition) is 2. The van der Waals surface area contributed by atoms with Crippen molar-refractivity contribution in [2.24, 2.45) is 5.92 Å². The quantitative estimate of drug-likeness (QED) is 0.697. The Kier molecular flexibility index (Phi) is 5.61. The fraction of sp³-hybridized carbons (Fsp3) is 0.304. The molecule has 2 amide bonds. The van der Waals surface area contributed by atoms with Crippen LogP contribution in [0, 0.1) is 19.8 Å². The maximum atomic E-state index is 13.0. The number of carbonyl (C=O) groups excluding carboxylic acids is 2. The highest BCUT2D eigenvalue weighted by atomic mass is 16.2. The number of rotatable bonds is 4. The van der Waals surface area contributed by atoms with Gasteiger partial charge in [0.25, 0.3) is 5.91 Å². The fourth-order valence-corrected chi connectivity index (χ4v) is 3.94. The van der Waals surface area contributed by atoms with Crippen LogP contribution in [0.25, 0.3) is 11.3 Å². The Hall–Kier alpha value is -3.48. The van der Waals surface area contributed by atoms with E-state index in [9.17, 15) is 9.59 Å². The van der Waals surface area contributed by atoms with Crippen molar-refractivity contribution in [3.05, 3.63) is 65.6 Å². The summed E-state index contributed by atoms with van der Waals surface area (Å²) < 4.78 is 0. The first kappa shape index (κ1) is 19.8. The van der Waals surface area contributed by atoms with Gasteiger partial charge in [0.15, 0.2) is 0 Å². The third-order valence-corrected chi connectivity index (χ3v) is 5.35. The van der Waals surface area contributed by atoms with E-state index in [1.54, 1.807) is 23.4 Å². The van der Waals surface area contributed by atoms with E-state index in [0.717, 1.165) is 35.2 Å². The molecular weight excluding hydrogens is 378 g/mol. The van der Waals surface area contributed by atoms with E-state index in [4.69, 9.17) is 0 Å². The Morgan fingerprint density at radius 1 is 1.10 bits per heavy atom. The standard InChI is InChI=1S/C23H25N5O2/c1-15-10-16(2)12-19(11-15)25-22(29)18-4-3-9-28(14-18)23(30)21-13-20(26-27-21)17-5-7-24-8-6-17/h5-8,10-13,18H,3-4,9,14H2,1-2H3,(H,25,29)(H,26,27). The van der Waals surface area contributed by atoms with E-state index < -0.39 is 0 Å². The number of nitrogens with zero attached hydrogens (tertiary/aromatic N) is 3. The molecule has 0 radical (unpaired) electrons. The first-order valence-electron chi connectivity index (χ1n) is 10.1. The number of hydrogen-bond acceptors (Lipinski definition) is 4. The molecule has 0 aliphatic carbocycles. The van der Waals surface area contributed by atoms with Crippen LogP contribution in [0.4, 0.5) is 5.69 Å². The molecular formula is C23H25N5O2. The zero-order valence-electron chi connectivity index (χ0n) is 17.2. The molecule has 154 valence electrons. The monoisotopic (exact) mass is 403 g/mol. The van der Waals surface area contributed by atoms with Crippen LogP contribution in [0.5, 0.6) is 0 Å². The molecule has 0 spiro atoms. The topological polar surface area (TPSA) is 91.0 Å². The second kappa shape index (κ2) is 8.49. The number of H-pyrrole nitrogens is 1. The largest absolute Gasteiger partial charge is 0.337 e. The van der Waals surface area contributed by atoms with Crippen LogP contribution < -0.4 is 5.32 Å². The Labute approximate surface area is 175 Å². The minimum Gasteiger partial charge on any atom is -0.337 e. The Morgan fingerprint density at radius 2 is 1.83 bits per heavy atom. The number of likely N-dealkylation sites (tertiary alicyclic amines) is 1. The molecule has 1 aliphatic heterocycles. The summed E-state index contributed by atoms with van der Waals surface area (Å²) in [6, 6.07) is 11.4. The van der Waals surface area contributed by atoms with E-state index in [0.29, 0.717) is 24.5 Å². The Balaban J connectivity index is 1.42. The number of aromatic amines is 1. The summed E-state index contributed by atoms with van der Waals surface area (Å²) in [7, 11) is 0. The molecule has 3 heterocycles. The minimum atomic E-state index is -0.230. The molecule has 1 aromatic carbocycles. The maximum absolute atomic E-state index is 13.0. The number of aryl methyl sites for hydroxylation is 2. The van der Waals surface area contributed by atoms with Gasteiger partial charge >= 0.3 is 0 Å². The average molecular weight is 403 g/mol. The highest BCUT2D eigenvalue weighted by molar-refractivity contribution is 5.96. The van der Waals surface area contributed by atoms with Gasteiger partial charge < -0.3 is 10.2 Å². The normalized spacial score (nSPS) is 16.3. The SMILES string of the molecule is Cc1cc(C)cc(NC(=O)C2CCCN(C(=O)c3cc(-c4ccncc4)n[nH]3)C2)c1. The number of pyridine rings is 1. The molecule has 7 heteroatoms. The molecule has 1 fully saturated rings. The number of benzene rings is 1. The second-order valence-corrected chi connectivity index (χ2v) is 7.86. The van der Waals surface area contributed by atoms with Crippen LogP contribution in [0.15, 0.2) is 48.8 Å². The average Bonchev–Trinajstić information content (AvgIpc) is 3.23. The summed E-state index contributed by atoms with van der Waals surface area (Å²) >= 11 is 0. The second-order valence-electron chi connectivity index (χ2n) is 7.86. The number of nitrogens with one attached hydrogen (secondary N) is 2. The highest BCUT2D eigenvalue weighted by Gasteiger charge is 2.29. The molecule has 30 heavy (non-hydrogen) atoms.